The molecule has 0 spiro atoms. The Morgan fingerprint density at radius 3 is 2.74 bits per heavy atom. The number of fused-ring (bicyclic) bond motifs is 1. The molecule has 3 nitrogen and oxygen atoms in total. The van der Waals surface area contributed by atoms with Crippen LogP contribution in [0.25, 0.3) is 10.9 Å². The molecule has 0 atom stereocenters. The largest absolute Gasteiger partial charge is 0.438 e. The molecule has 0 aliphatic heterocycles. The van der Waals surface area contributed by atoms with E-state index in [-0.39, 0.29) is 0 Å². The van der Waals surface area contributed by atoms with Gasteiger partial charge in [0.25, 0.3) is 0 Å². The summed E-state index contributed by atoms with van der Waals surface area (Å²) in [7, 11) is 0. The number of hydrogen-bond donors (Lipinski definition) is 0. The van der Waals surface area contributed by atoms with E-state index in [4.69, 9.17) is 16.3 Å². The maximum Gasteiger partial charge on any atom is 0.230 e. The van der Waals surface area contributed by atoms with E-state index in [1.165, 1.54) is 6.33 Å². The SMILES string of the molecule is Cc1cc(Oc2ncnc3ccccc23)ccc1Cl. The summed E-state index contributed by atoms with van der Waals surface area (Å²) in [4.78, 5) is 8.39. The Hall–Kier alpha value is -2.13. The predicted octanol–water partition coefficient (Wildman–Crippen LogP) is 4.38. The van der Waals surface area contributed by atoms with E-state index < -0.39 is 0 Å². The van der Waals surface area contributed by atoms with Gasteiger partial charge in [0.1, 0.15) is 12.1 Å². The molecule has 0 aliphatic rings. The van der Waals surface area contributed by atoms with E-state index in [2.05, 4.69) is 9.97 Å². The third kappa shape index (κ3) is 2.37. The first-order valence-electron chi connectivity index (χ1n) is 5.88. The van der Waals surface area contributed by atoms with Crippen LogP contribution in [0, 0.1) is 6.92 Å². The summed E-state index contributed by atoms with van der Waals surface area (Å²) in [5.41, 5.74) is 1.83. The number of ether oxygens (including phenoxy) is 1. The standard InChI is InChI=1S/C15H11ClN2O/c1-10-8-11(6-7-13(10)16)19-15-12-4-2-3-5-14(12)17-9-18-15/h2-9H,1H3. The Kier molecular flexibility index (Phi) is 3.05. The minimum absolute atomic E-state index is 0.548. The summed E-state index contributed by atoms with van der Waals surface area (Å²) in [6, 6.07) is 13.3. The zero-order chi connectivity index (χ0) is 13.2. The average Bonchev–Trinajstić information content (AvgIpc) is 2.43. The van der Waals surface area contributed by atoms with Crippen molar-refractivity contribution in [1.82, 2.24) is 9.97 Å². The highest BCUT2D eigenvalue weighted by atomic mass is 35.5. The Balaban J connectivity index is 2.03. The lowest BCUT2D eigenvalue weighted by atomic mass is 10.2. The highest BCUT2D eigenvalue weighted by Crippen LogP contribution is 2.28. The van der Waals surface area contributed by atoms with Crippen molar-refractivity contribution in [1.29, 1.82) is 0 Å². The summed E-state index contributed by atoms with van der Waals surface area (Å²) < 4.78 is 5.82. The van der Waals surface area contributed by atoms with Gasteiger partial charge in [0.05, 0.1) is 10.9 Å². The zero-order valence-corrected chi connectivity index (χ0v) is 11.1. The van der Waals surface area contributed by atoms with Crippen molar-refractivity contribution in [2.45, 2.75) is 6.92 Å². The van der Waals surface area contributed by atoms with Crippen molar-refractivity contribution in [3.05, 3.63) is 59.4 Å². The van der Waals surface area contributed by atoms with Gasteiger partial charge in [0.15, 0.2) is 0 Å². The maximum absolute atomic E-state index is 6.00. The van der Waals surface area contributed by atoms with Gasteiger partial charge in [-0.3, -0.25) is 0 Å². The molecule has 0 unspecified atom stereocenters. The number of aromatic nitrogens is 2. The molecular formula is C15H11ClN2O. The third-order valence-corrected chi connectivity index (χ3v) is 3.27. The van der Waals surface area contributed by atoms with Gasteiger partial charge in [-0.25, -0.2) is 9.97 Å². The van der Waals surface area contributed by atoms with E-state index in [1.54, 1.807) is 0 Å². The minimum atomic E-state index is 0.548. The molecule has 0 saturated carbocycles. The van der Waals surface area contributed by atoms with Crippen LogP contribution >= 0.6 is 11.6 Å². The molecule has 0 fully saturated rings. The van der Waals surface area contributed by atoms with Crippen LogP contribution in [-0.4, -0.2) is 9.97 Å². The monoisotopic (exact) mass is 270 g/mol. The van der Waals surface area contributed by atoms with Gasteiger partial charge in [-0.05, 0) is 42.8 Å². The Morgan fingerprint density at radius 2 is 1.89 bits per heavy atom. The summed E-state index contributed by atoms with van der Waals surface area (Å²) in [5, 5.41) is 1.61. The molecule has 19 heavy (non-hydrogen) atoms. The minimum Gasteiger partial charge on any atom is -0.438 e. The number of aryl methyl sites for hydroxylation is 1. The highest BCUT2D eigenvalue weighted by molar-refractivity contribution is 6.31. The van der Waals surface area contributed by atoms with E-state index in [1.807, 2.05) is 49.4 Å². The van der Waals surface area contributed by atoms with E-state index in [0.717, 1.165) is 21.5 Å². The second-order valence-electron chi connectivity index (χ2n) is 4.21. The number of halogens is 1. The smallest absolute Gasteiger partial charge is 0.230 e. The Morgan fingerprint density at radius 1 is 1.05 bits per heavy atom. The topological polar surface area (TPSA) is 35.0 Å². The molecule has 0 aliphatic carbocycles. The lowest BCUT2D eigenvalue weighted by Crippen LogP contribution is -1.91. The first-order valence-corrected chi connectivity index (χ1v) is 6.25. The lowest BCUT2D eigenvalue weighted by molar-refractivity contribution is 0.468. The molecule has 94 valence electrons. The van der Waals surface area contributed by atoms with E-state index in [0.29, 0.717) is 11.6 Å². The molecule has 0 bridgehead atoms. The molecule has 0 amide bonds. The van der Waals surface area contributed by atoms with Gasteiger partial charge in [-0.2, -0.15) is 0 Å². The van der Waals surface area contributed by atoms with Crippen molar-refractivity contribution in [2.24, 2.45) is 0 Å². The summed E-state index contributed by atoms with van der Waals surface area (Å²) in [6.45, 7) is 1.94. The van der Waals surface area contributed by atoms with Crippen LogP contribution < -0.4 is 4.74 Å². The van der Waals surface area contributed by atoms with Crippen molar-refractivity contribution >= 4 is 22.5 Å². The lowest BCUT2D eigenvalue weighted by Gasteiger charge is -2.08. The van der Waals surface area contributed by atoms with E-state index in [9.17, 15) is 0 Å². The molecule has 0 radical (unpaired) electrons. The summed E-state index contributed by atoms with van der Waals surface area (Å²) in [5.74, 6) is 1.26. The van der Waals surface area contributed by atoms with Crippen molar-refractivity contribution in [3.63, 3.8) is 0 Å². The maximum atomic E-state index is 6.00. The number of rotatable bonds is 2. The van der Waals surface area contributed by atoms with Crippen LogP contribution in [-0.2, 0) is 0 Å². The van der Waals surface area contributed by atoms with Crippen LogP contribution in [0.3, 0.4) is 0 Å². The number of nitrogens with zero attached hydrogens (tertiary/aromatic N) is 2. The molecular weight excluding hydrogens is 260 g/mol. The van der Waals surface area contributed by atoms with Gasteiger partial charge in [-0.15, -0.1) is 0 Å². The fraction of sp³-hybridized carbons (Fsp3) is 0.0667. The molecule has 1 heterocycles. The van der Waals surface area contributed by atoms with Crippen LogP contribution in [0.2, 0.25) is 5.02 Å². The van der Waals surface area contributed by atoms with Gasteiger partial charge >= 0.3 is 0 Å². The van der Waals surface area contributed by atoms with Crippen LogP contribution in [0.15, 0.2) is 48.8 Å². The molecule has 3 rings (SSSR count). The Bertz CT molecular complexity index is 738. The normalized spacial score (nSPS) is 10.6. The number of hydrogen-bond acceptors (Lipinski definition) is 3. The van der Waals surface area contributed by atoms with Crippen LogP contribution in [0.5, 0.6) is 11.6 Å². The second kappa shape index (κ2) is 4.86. The van der Waals surface area contributed by atoms with Crippen LogP contribution in [0.1, 0.15) is 5.56 Å². The molecule has 4 heteroatoms. The van der Waals surface area contributed by atoms with E-state index >= 15 is 0 Å². The van der Waals surface area contributed by atoms with Crippen molar-refractivity contribution in [3.8, 4) is 11.6 Å². The van der Waals surface area contributed by atoms with Gasteiger partial charge in [-0.1, -0.05) is 23.7 Å². The molecule has 2 aromatic carbocycles. The first kappa shape index (κ1) is 11.9. The number of para-hydroxylation sites is 1. The quantitative estimate of drug-likeness (QED) is 0.693. The highest BCUT2D eigenvalue weighted by Gasteiger charge is 2.06. The predicted molar refractivity (Wildman–Crippen MR) is 75.8 cm³/mol. The number of benzene rings is 2. The molecule has 3 aromatic rings. The summed E-state index contributed by atoms with van der Waals surface area (Å²) in [6.07, 6.45) is 1.50. The second-order valence-corrected chi connectivity index (χ2v) is 4.62. The zero-order valence-electron chi connectivity index (χ0n) is 10.3. The first-order chi connectivity index (χ1) is 9.24. The molecule has 0 saturated heterocycles. The third-order valence-electron chi connectivity index (χ3n) is 2.85. The molecule has 0 N–H and O–H groups in total. The van der Waals surface area contributed by atoms with Gasteiger partial charge in [0, 0.05) is 5.02 Å². The van der Waals surface area contributed by atoms with Gasteiger partial charge < -0.3 is 4.74 Å². The van der Waals surface area contributed by atoms with Gasteiger partial charge in [0.2, 0.25) is 5.88 Å². The van der Waals surface area contributed by atoms with Crippen molar-refractivity contribution < 1.29 is 4.74 Å². The van der Waals surface area contributed by atoms with Crippen molar-refractivity contribution in [2.75, 3.05) is 0 Å². The fourth-order valence-corrected chi connectivity index (χ4v) is 1.97. The van der Waals surface area contributed by atoms with Crippen LogP contribution in [0.4, 0.5) is 0 Å². The molecule has 1 aromatic heterocycles. The Labute approximate surface area is 115 Å². The summed E-state index contributed by atoms with van der Waals surface area (Å²) >= 11 is 6.00. The average molecular weight is 271 g/mol. The fourth-order valence-electron chi connectivity index (χ4n) is 1.85.